The lowest BCUT2D eigenvalue weighted by Crippen LogP contribution is -2.45. The maximum atomic E-state index is 15.4. The lowest BCUT2D eigenvalue weighted by molar-refractivity contribution is 0.00578. The van der Waals surface area contributed by atoms with Crippen LogP contribution in [0.3, 0.4) is 0 Å². The SMILES string of the molecule is CC1(C)OB([C@H](CCc2ccccc2)NP2(=O)[C@H](c3ccccc3)CC[C@H]2c2ccccc2)OC1(C)C. The van der Waals surface area contributed by atoms with Crippen molar-refractivity contribution in [1.29, 1.82) is 0 Å². The molecule has 2 fully saturated rings. The molecule has 194 valence electrons. The average Bonchev–Trinajstić information content (AvgIpc) is 3.34. The molecule has 0 bridgehead atoms. The third kappa shape index (κ3) is 5.38. The molecule has 37 heavy (non-hydrogen) atoms. The van der Waals surface area contributed by atoms with Crippen LogP contribution in [0.5, 0.6) is 0 Å². The summed E-state index contributed by atoms with van der Waals surface area (Å²) in [5.41, 5.74) is 2.56. The van der Waals surface area contributed by atoms with Gasteiger partial charge < -0.3 is 13.9 Å². The fourth-order valence-electron chi connectivity index (χ4n) is 5.76. The summed E-state index contributed by atoms with van der Waals surface area (Å²) in [4.78, 5) is 0. The van der Waals surface area contributed by atoms with E-state index in [0.717, 1.165) is 36.8 Å². The molecule has 0 aromatic heterocycles. The zero-order valence-electron chi connectivity index (χ0n) is 22.5. The summed E-state index contributed by atoms with van der Waals surface area (Å²) >= 11 is 0. The molecule has 2 aliphatic rings. The van der Waals surface area contributed by atoms with Gasteiger partial charge in [-0.1, -0.05) is 91.0 Å². The minimum Gasteiger partial charge on any atom is -0.402 e. The van der Waals surface area contributed by atoms with Gasteiger partial charge in [0.2, 0.25) is 0 Å². The first-order chi connectivity index (χ1) is 17.7. The molecule has 3 atom stereocenters. The summed E-state index contributed by atoms with van der Waals surface area (Å²) in [6.07, 6.45) is 3.41. The predicted octanol–water partition coefficient (Wildman–Crippen LogP) is 7.76. The maximum Gasteiger partial charge on any atom is 0.476 e. The van der Waals surface area contributed by atoms with Crippen LogP contribution in [-0.4, -0.2) is 24.3 Å². The third-order valence-electron chi connectivity index (χ3n) is 8.56. The van der Waals surface area contributed by atoms with Crippen molar-refractivity contribution in [2.45, 2.75) is 81.8 Å². The molecule has 1 N–H and O–H groups in total. The molecule has 0 spiro atoms. The Morgan fingerprint density at radius 1 is 0.784 bits per heavy atom. The van der Waals surface area contributed by atoms with Crippen molar-refractivity contribution in [3.8, 4) is 0 Å². The second-order valence-corrected chi connectivity index (χ2v) is 14.4. The van der Waals surface area contributed by atoms with Crippen LogP contribution >= 0.6 is 7.29 Å². The van der Waals surface area contributed by atoms with Crippen molar-refractivity contribution in [2.75, 3.05) is 0 Å². The largest absolute Gasteiger partial charge is 0.476 e. The van der Waals surface area contributed by atoms with E-state index >= 15 is 4.57 Å². The van der Waals surface area contributed by atoms with Crippen LogP contribution in [0.4, 0.5) is 0 Å². The van der Waals surface area contributed by atoms with Crippen molar-refractivity contribution in [3.05, 3.63) is 108 Å². The highest BCUT2D eigenvalue weighted by Crippen LogP contribution is 2.74. The van der Waals surface area contributed by atoms with Gasteiger partial charge in [0.25, 0.3) is 0 Å². The Balaban J connectivity index is 1.51. The molecule has 3 aromatic rings. The highest BCUT2D eigenvalue weighted by molar-refractivity contribution is 7.63. The Hall–Kier alpha value is -2.17. The van der Waals surface area contributed by atoms with Crippen LogP contribution in [-0.2, 0) is 20.3 Å². The topological polar surface area (TPSA) is 47.6 Å². The van der Waals surface area contributed by atoms with Crippen molar-refractivity contribution < 1.29 is 13.9 Å². The molecule has 0 radical (unpaired) electrons. The minimum atomic E-state index is -2.96. The molecular formula is C31H39BNO3P. The Morgan fingerprint density at radius 3 is 1.68 bits per heavy atom. The number of hydrogen-bond donors (Lipinski definition) is 1. The number of nitrogens with one attached hydrogen (secondary N) is 1. The molecule has 5 rings (SSSR count). The summed E-state index contributed by atoms with van der Waals surface area (Å²) in [7, 11) is -3.44. The van der Waals surface area contributed by atoms with Crippen molar-refractivity contribution >= 4 is 14.4 Å². The Morgan fingerprint density at radius 2 is 1.22 bits per heavy atom. The predicted molar refractivity (Wildman–Crippen MR) is 153 cm³/mol. The van der Waals surface area contributed by atoms with Crippen LogP contribution < -0.4 is 5.09 Å². The lowest BCUT2D eigenvalue weighted by atomic mass is 9.76. The van der Waals surface area contributed by atoms with Gasteiger partial charge in [-0.15, -0.1) is 0 Å². The van der Waals surface area contributed by atoms with Crippen molar-refractivity contribution in [2.24, 2.45) is 0 Å². The van der Waals surface area contributed by atoms with E-state index in [0.29, 0.717) is 0 Å². The Bertz CT molecular complexity index is 1150. The first-order valence-electron chi connectivity index (χ1n) is 13.6. The van der Waals surface area contributed by atoms with E-state index < -0.39 is 25.6 Å². The molecule has 0 saturated carbocycles. The van der Waals surface area contributed by atoms with Gasteiger partial charge in [-0.2, -0.15) is 0 Å². The molecule has 0 amide bonds. The fourth-order valence-corrected chi connectivity index (χ4v) is 9.62. The third-order valence-corrected chi connectivity index (χ3v) is 12.3. The Kier molecular flexibility index (Phi) is 7.53. The van der Waals surface area contributed by atoms with E-state index in [9.17, 15) is 0 Å². The Labute approximate surface area is 222 Å². The maximum absolute atomic E-state index is 15.4. The summed E-state index contributed by atoms with van der Waals surface area (Å²) < 4.78 is 28.4. The summed E-state index contributed by atoms with van der Waals surface area (Å²) in [5, 5.41) is 3.78. The highest BCUT2D eigenvalue weighted by atomic mass is 31.2. The summed E-state index contributed by atoms with van der Waals surface area (Å²) in [6, 6.07) is 31.2. The van der Waals surface area contributed by atoms with E-state index in [2.05, 4.69) is 106 Å². The van der Waals surface area contributed by atoms with Gasteiger partial charge in [0.1, 0.15) is 0 Å². The van der Waals surface area contributed by atoms with E-state index in [-0.39, 0.29) is 17.3 Å². The number of rotatable bonds is 8. The summed E-state index contributed by atoms with van der Waals surface area (Å²) in [6.45, 7) is 8.33. The van der Waals surface area contributed by atoms with Gasteiger partial charge in [-0.25, -0.2) is 0 Å². The quantitative estimate of drug-likeness (QED) is 0.246. The van der Waals surface area contributed by atoms with Crippen molar-refractivity contribution in [1.82, 2.24) is 5.09 Å². The standard InChI is InChI=1S/C31H39BNO3P/c1-30(2)31(3,4)36-32(35-30)29(23-20-24-14-8-5-9-15-24)33-37(34)27(25-16-10-6-11-17-25)21-22-28(37)26-18-12-7-13-19-26/h5-19,27-29H,20-23H2,1-4H3,(H,33,34)/t27-,28-,29-/m0/s1. The smallest absolute Gasteiger partial charge is 0.402 e. The van der Waals surface area contributed by atoms with Gasteiger partial charge in [-0.3, -0.25) is 5.09 Å². The summed E-state index contributed by atoms with van der Waals surface area (Å²) in [5.74, 6) is -0.206. The van der Waals surface area contributed by atoms with Crippen LogP contribution in [0.25, 0.3) is 0 Å². The fraction of sp³-hybridized carbons (Fsp3) is 0.419. The van der Waals surface area contributed by atoms with Gasteiger partial charge in [-0.05, 0) is 70.1 Å². The first-order valence-corrected chi connectivity index (χ1v) is 15.4. The van der Waals surface area contributed by atoms with Crippen LogP contribution in [0, 0.1) is 0 Å². The van der Waals surface area contributed by atoms with Crippen LogP contribution in [0.15, 0.2) is 91.0 Å². The van der Waals surface area contributed by atoms with Crippen LogP contribution in [0.2, 0.25) is 0 Å². The molecule has 2 heterocycles. The number of benzene rings is 3. The van der Waals surface area contributed by atoms with Gasteiger partial charge in [0, 0.05) is 5.94 Å². The normalized spacial score (nSPS) is 24.7. The number of aryl methyl sites for hydroxylation is 1. The monoisotopic (exact) mass is 515 g/mol. The molecule has 2 saturated heterocycles. The minimum absolute atomic E-state index is 0.0412. The first kappa shape index (κ1) is 26.4. The molecule has 0 aliphatic carbocycles. The average molecular weight is 515 g/mol. The van der Waals surface area contributed by atoms with Gasteiger partial charge in [0.15, 0.2) is 7.29 Å². The van der Waals surface area contributed by atoms with Gasteiger partial charge >= 0.3 is 7.12 Å². The second kappa shape index (κ2) is 10.5. The second-order valence-electron chi connectivity index (χ2n) is 11.5. The van der Waals surface area contributed by atoms with Crippen molar-refractivity contribution in [3.63, 3.8) is 0 Å². The molecular weight excluding hydrogens is 476 g/mol. The molecule has 2 aliphatic heterocycles. The zero-order valence-corrected chi connectivity index (χ0v) is 23.4. The highest BCUT2D eigenvalue weighted by Gasteiger charge is 2.56. The molecule has 4 nitrogen and oxygen atoms in total. The van der Waals surface area contributed by atoms with E-state index in [1.54, 1.807) is 0 Å². The lowest BCUT2D eigenvalue weighted by Gasteiger charge is -2.33. The van der Waals surface area contributed by atoms with E-state index in [1.807, 2.05) is 18.2 Å². The van der Waals surface area contributed by atoms with Crippen LogP contribution in [0.1, 0.15) is 75.0 Å². The van der Waals surface area contributed by atoms with E-state index in [4.69, 9.17) is 9.31 Å². The molecule has 6 heteroatoms. The molecule has 3 aromatic carbocycles. The number of hydrogen-bond acceptors (Lipinski definition) is 3. The van der Waals surface area contributed by atoms with E-state index in [1.165, 1.54) is 5.56 Å². The van der Waals surface area contributed by atoms with Gasteiger partial charge in [0.05, 0.1) is 22.5 Å². The zero-order chi connectivity index (χ0) is 26.1. The molecule has 0 unspecified atom stereocenters.